The van der Waals surface area contributed by atoms with Crippen molar-refractivity contribution in [2.24, 2.45) is 0 Å². The van der Waals surface area contributed by atoms with Crippen LogP contribution in [0.4, 0.5) is 0 Å². The molecule has 0 saturated heterocycles. The molecule has 0 aliphatic rings. The highest BCUT2D eigenvalue weighted by Crippen LogP contribution is 1.82. The van der Waals surface area contributed by atoms with Crippen LogP contribution < -0.4 is 0 Å². The van der Waals surface area contributed by atoms with Crippen LogP contribution in [-0.2, 0) is 9.53 Å². The number of aldehydes is 1. The first-order chi connectivity index (χ1) is 3.31. The fraction of sp³-hybridized carbons (Fsp3) is 0.400. The van der Waals surface area contributed by atoms with Gasteiger partial charge in [-0.2, -0.15) is 0 Å². The van der Waals surface area contributed by atoms with Crippen molar-refractivity contribution in [3.63, 3.8) is 0 Å². The van der Waals surface area contributed by atoms with Gasteiger partial charge in [0.05, 0.1) is 6.26 Å². The molecule has 2 nitrogen and oxygen atoms in total. The minimum absolute atomic E-state index is 0.350. The van der Waals surface area contributed by atoms with Crippen molar-refractivity contribution in [1.82, 2.24) is 0 Å². The summed E-state index contributed by atoms with van der Waals surface area (Å²) in [6, 6.07) is 0. The topological polar surface area (TPSA) is 26.3 Å². The lowest BCUT2D eigenvalue weighted by molar-refractivity contribution is -0.114. The maximum atomic E-state index is 9.72. The van der Waals surface area contributed by atoms with Crippen LogP contribution in [0.1, 0.15) is 6.92 Å². The van der Waals surface area contributed by atoms with E-state index in [1.165, 1.54) is 6.26 Å². The van der Waals surface area contributed by atoms with Crippen molar-refractivity contribution < 1.29 is 9.53 Å². The largest absolute Gasteiger partial charge is 0.491 e. The van der Waals surface area contributed by atoms with E-state index in [0.717, 1.165) is 0 Å². The number of hydrogen-bond acceptors (Lipinski definition) is 2. The Morgan fingerprint density at radius 2 is 2.43 bits per heavy atom. The van der Waals surface area contributed by atoms with Crippen LogP contribution in [0.5, 0.6) is 0 Å². The van der Waals surface area contributed by atoms with E-state index in [9.17, 15) is 4.79 Å². The third-order valence-electron chi connectivity index (χ3n) is 0.503. The molecule has 0 aromatic heterocycles. The molecule has 0 heterocycles. The van der Waals surface area contributed by atoms with Gasteiger partial charge in [0.1, 0.15) is 6.10 Å². The summed E-state index contributed by atoms with van der Waals surface area (Å²) in [5.41, 5.74) is 0. The summed E-state index contributed by atoms with van der Waals surface area (Å²) in [6.07, 6.45) is 1.61. The molecule has 0 radical (unpaired) electrons. The van der Waals surface area contributed by atoms with E-state index in [4.69, 9.17) is 0 Å². The SMILES string of the molecule is C=COC(C)C=O. The minimum atomic E-state index is -0.350. The second-order valence-corrected chi connectivity index (χ2v) is 1.14. The summed E-state index contributed by atoms with van der Waals surface area (Å²) < 4.78 is 4.59. The molecule has 2 heteroatoms. The van der Waals surface area contributed by atoms with Gasteiger partial charge >= 0.3 is 0 Å². The molecule has 0 saturated carbocycles. The summed E-state index contributed by atoms with van der Waals surface area (Å²) in [6.45, 7) is 4.92. The average molecular weight is 100 g/mol. The fourth-order valence-corrected chi connectivity index (χ4v) is 0.184. The zero-order chi connectivity index (χ0) is 5.70. The van der Waals surface area contributed by atoms with Crippen molar-refractivity contribution in [3.8, 4) is 0 Å². The summed E-state index contributed by atoms with van der Waals surface area (Å²) in [5.74, 6) is 0. The molecule has 1 atom stereocenters. The molecule has 1 unspecified atom stereocenters. The Hall–Kier alpha value is -0.790. The zero-order valence-corrected chi connectivity index (χ0v) is 4.26. The van der Waals surface area contributed by atoms with Gasteiger partial charge in [-0.15, -0.1) is 0 Å². The average Bonchev–Trinajstić information content (AvgIpc) is 1.68. The number of ether oxygens (including phenoxy) is 1. The molecule has 0 amide bonds. The zero-order valence-electron chi connectivity index (χ0n) is 4.26. The molecule has 0 spiro atoms. The lowest BCUT2D eigenvalue weighted by Gasteiger charge is -1.98. The van der Waals surface area contributed by atoms with Crippen molar-refractivity contribution in [2.75, 3.05) is 0 Å². The molecular weight excluding hydrogens is 92.1 g/mol. The van der Waals surface area contributed by atoms with E-state index in [-0.39, 0.29) is 6.10 Å². The smallest absolute Gasteiger partial charge is 0.160 e. The summed E-state index contributed by atoms with van der Waals surface area (Å²) >= 11 is 0. The molecule has 0 fully saturated rings. The van der Waals surface area contributed by atoms with Gasteiger partial charge in [-0.25, -0.2) is 0 Å². The van der Waals surface area contributed by atoms with Gasteiger partial charge in [-0.1, -0.05) is 6.58 Å². The summed E-state index contributed by atoms with van der Waals surface area (Å²) in [4.78, 5) is 9.72. The van der Waals surface area contributed by atoms with Crippen LogP contribution in [0.2, 0.25) is 0 Å². The van der Waals surface area contributed by atoms with Crippen molar-refractivity contribution in [2.45, 2.75) is 13.0 Å². The first-order valence-electron chi connectivity index (χ1n) is 2.03. The molecule has 7 heavy (non-hydrogen) atoms. The Kier molecular flexibility index (Phi) is 3.02. The first-order valence-corrected chi connectivity index (χ1v) is 2.03. The van der Waals surface area contributed by atoms with Crippen molar-refractivity contribution in [3.05, 3.63) is 12.8 Å². The van der Waals surface area contributed by atoms with Gasteiger partial charge < -0.3 is 4.74 Å². The second-order valence-electron chi connectivity index (χ2n) is 1.14. The molecule has 0 rings (SSSR count). The highest BCUT2D eigenvalue weighted by atomic mass is 16.5. The number of carbonyl (C=O) groups is 1. The molecule has 0 aliphatic heterocycles. The molecule has 0 aliphatic carbocycles. The van der Waals surface area contributed by atoms with Gasteiger partial charge in [-0.3, -0.25) is 4.79 Å². The van der Waals surface area contributed by atoms with E-state index in [0.29, 0.717) is 6.29 Å². The summed E-state index contributed by atoms with van der Waals surface area (Å²) in [5, 5.41) is 0. The van der Waals surface area contributed by atoms with E-state index in [1.54, 1.807) is 6.92 Å². The molecule has 0 bridgehead atoms. The Balaban J connectivity index is 3.15. The Bertz CT molecular complexity index is 68.5. The van der Waals surface area contributed by atoms with Crippen molar-refractivity contribution >= 4 is 6.29 Å². The van der Waals surface area contributed by atoms with E-state index < -0.39 is 0 Å². The van der Waals surface area contributed by atoms with Gasteiger partial charge in [0.2, 0.25) is 0 Å². The van der Waals surface area contributed by atoms with Gasteiger partial charge in [0.15, 0.2) is 6.29 Å². The predicted molar refractivity (Wildman–Crippen MR) is 26.8 cm³/mol. The number of carbonyl (C=O) groups excluding carboxylic acids is 1. The van der Waals surface area contributed by atoms with E-state index in [1.807, 2.05) is 0 Å². The van der Waals surface area contributed by atoms with Gasteiger partial charge in [-0.05, 0) is 6.92 Å². The van der Waals surface area contributed by atoms with E-state index in [2.05, 4.69) is 11.3 Å². The summed E-state index contributed by atoms with van der Waals surface area (Å²) in [7, 11) is 0. The fourth-order valence-electron chi connectivity index (χ4n) is 0.184. The first kappa shape index (κ1) is 6.21. The van der Waals surface area contributed by atoms with Crippen LogP contribution in [0.15, 0.2) is 12.8 Å². The molecule has 0 N–H and O–H groups in total. The second kappa shape index (κ2) is 3.40. The molecule has 40 valence electrons. The Morgan fingerprint density at radius 3 is 2.57 bits per heavy atom. The standard InChI is InChI=1S/C5H8O2/c1-3-7-5(2)4-6/h3-5H,1H2,2H3. The van der Waals surface area contributed by atoms with Crippen molar-refractivity contribution in [1.29, 1.82) is 0 Å². The number of hydrogen-bond donors (Lipinski definition) is 0. The minimum Gasteiger partial charge on any atom is -0.491 e. The van der Waals surface area contributed by atoms with Crippen LogP contribution in [0.3, 0.4) is 0 Å². The van der Waals surface area contributed by atoms with Crippen LogP contribution in [0.25, 0.3) is 0 Å². The Labute approximate surface area is 42.8 Å². The highest BCUT2D eigenvalue weighted by molar-refractivity contribution is 5.55. The molecular formula is C5H8O2. The number of rotatable bonds is 3. The lowest BCUT2D eigenvalue weighted by Crippen LogP contribution is -2.03. The van der Waals surface area contributed by atoms with Crippen LogP contribution >= 0.6 is 0 Å². The predicted octanol–water partition coefficient (Wildman–Crippen LogP) is 0.734. The van der Waals surface area contributed by atoms with Crippen LogP contribution in [-0.4, -0.2) is 12.4 Å². The van der Waals surface area contributed by atoms with Crippen LogP contribution in [0, 0.1) is 0 Å². The van der Waals surface area contributed by atoms with Gasteiger partial charge in [0.25, 0.3) is 0 Å². The van der Waals surface area contributed by atoms with E-state index >= 15 is 0 Å². The third-order valence-corrected chi connectivity index (χ3v) is 0.503. The maximum absolute atomic E-state index is 9.72. The molecule has 0 aromatic carbocycles. The lowest BCUT2D eigenvalue weighted by atomic mass is 10.5. The Morgan fingerprint density at radius 1 is 1.86 bits per heavy atom. The monoisotopic (exact) mass is 100 g/mol. The maximum Gasteiger partial charge on any atom is 0.160 e. The normalized spacial score (nSPS) is 12.1. The highest BCUT2D eigenvalue weighted by Gasteiger charge is 1.90. The quantitative estimate of drug-likeness (QED) is 0.386. The molecule has 0 aromatic rings. The third kappa shape index (κ3) is 3.03. The van der Waals surface area contributed by atoms with Gasteiger partial charge in [0, 0.05) is 0 Å².